The van der Waals surface area contributed by atoms with E-state index in [4.69, 9.17) is 0 Å². The van der Waals surface area contributed by atoms with Gasteiger partial charge in [-0.15, -0.1) is 5.10 Å². The number of hydrogen-bond donors (Lipinski definition) is 2. The highest BCUT2D eigenvalue weighted by Gasteiger charge is 2.43. The molecule has 1 aromatic carbocycles. The Hall–Kier alpha value is -3.37. The zero-order valence-corrected chi connectivity index (χ0v) is 16.7. The van der Waals surface area contributed by atoms with Gasteiger partial charge in [0.1, 0.15) is 5.82 Å². The molecule has 32 heavy (non-hydrogen) atoms. The minimum atomic E-state index is -4.81. The van der Waals surface area contributed by atoms with E-state index < -0.39 is 23.7 Å². The van der Waals surface area contributed by atoms with Gasteiger partial charge in [-0.25, -0.2) is 13.7 Å². The Morgan fingerprint density at radius 3 is 2.53 bits per heavy atom. The van der Waals surface area contributed by atoms with Crippen LogP contribution in [0.1, 0.15) is 18.4 Å². The molecular formula is C21H19F4N5O2. The predicted molar refractivity (Wildman–Crippen MR) is 107 cm³/mol. The van der Waals surface area contributed by atoms with Gasteiger partial charge >= 0.3 is 12.3 Å². The number of nitrogens with one attached hydrogen (secondary N) is 1. The van der Waals surface area contributed by atoms with Crippen LogP contribution in [0.15, 0.2) is 36.5 Å². The van der Waals surface area contributed by atoms with Crippen molar-refractivity contribution in [2.24, 2.45) is 11.8 Å². The zero-order valence-electron chi connectivity index (χ0n) is 16.7. The number of anilines is 1. The number of piperidine rings is 1. The fourth-order valence-electron chi connectivity index (χ4n) is 4.87. The second kappa shape index (κ2) is 7.35. The summed E-state index contributed by atoms with van der Waals surface area (Å²) >= 11 is 0. The average molecular weight is 449 g/mol. The van der Waals surface area contributed by atoms with E-state index in [9.17, 15) is 27.5 Å². The van der Waals surface area contributed by atoms with Gasteiger partial charge in [0, 0.05) is 30.9 Å². The lowest BCUT2D eigenvalue weighted by atomic mass is 9.92. The Morgan fingerprint density at radius 2 is 1.88 bits per heavy atom. The number of pyridine rings is 1. The van der Waals surface area contributed by atoms with Crippen LogP contribution in [0.3, 0.4) is 0 Å². The summed E-state index contributed by atoms with van der Waals surface area (Å²) in [5.41, 5.74) is -0.429. The van der Waals surface area contributed by atoms with Crippen LogP contribution in [-0.4, -0.2) is 49.8 Å². The van der Waals surface area contributed by atoms with Crippen molar-refractivity contribution in [3.05, 3.63) is 47.9 Å². The summed E-state index contributed by atoms with van der Waals surface area (Å²) in [7, 11) is 0. The first kappa shape index (κ1) is 20.5. The highest BCUT2D eigenvalue weighted by Crippen LogP contribution is 2.39. The summed E-state index contributed by atoms with van der Waals surface area (Å²) in [5, 5.41) is 17.0. The molecule has 1 aliphatic carbocycles. The molecule has 2 aliphatic rings. The molecule has 1 saturated carbocycles. The number of aromatic nitrogens is 3. The molecule has 7 nitrogen and oxygen atoms in total. The van der Waals surface area contributed by atoms with Crippen molar-refractivity contribution >= 4 is 17.7 Å². The number of fused-ring (bicyclic) bond motifs is 3. The fraction of sp³-hybridized carbons (Fsp3) is 0.381. The summed E-state index contributed by atoms with van der Waals surface area (Å²) < 4.78 is 54.6. The van der Waals surface area contributed by atoms with Crippen LogP contribution in [-0.2, 0) is 6.18 Å². The lowest BCUT2D eigenvalue weighted by Gasteiger charge is -2.36. The Morgan fingerprint density at radius 1 is 1.16 bits per heavy atom. The van der Waals surface area contributed by atoms with E-state index in [1.807, 2.05) is 0 Å². The molecule has 1 aliphatic heterocycles. The van der Waals surface area contributed by atoms with Gasteiger partial charge in [-0.1, -0.05) is 6.07 Å². The molecule has 3 heterocycles. The predicted octanol–water partition coefficient (Wildman–Crippen LogP) is 4.35. The molecule has 0 radical (unpaired) electrons. The molecule has 3 aromatic rings. The highest BCUT2D eigenvalue weighted by molar-refractivity contribution is 5.78. The number of benzene rings is 1. The molecule has 0 spiro atoms. The summed E-state index contributed by atoms with van der Waals surface area (Å²) in [4.78, 5) is 17.2. The maximum Gasteiger partial charge on any atom is 0.419 e. The molecule has 2 unspecified atom stereocenters. The highest BCUT2D eigenvalue weighted by atomic mass is 19.4. The Bertz CT molecular complexity index is 1180. The number of amides is 1. The summed E-state index contributed by atoms with van der Waals surface area (Å²) in [6.07, 6.45) is -2.29. The van der Waals surface area contributed by atoms with Crippen molar-refractivity contribution in [2.75, 3.05) is 18.4 Å². The lowest BCUT2D eigenvalue weighted by molar-refractivity contribution is -0.139. The standard InChI is InChI=1S/C21H19F4N5O2/c22-16-6-5-11(8-15(16)21(23,24)25)14-2-1-7-30-18(14)27-19(28-30)26-17-12-3-4-13(17)10-29(9-12)20(31)32/h1-2,5-8,12-13,17H,3-4,9-10H2,(H,26,28)(H,31,32). The topological polar surface area (TPSA) is 82.8 Å². The van der Waals surface area contributed by atoms with Crippen LogP contribution in [0, 0.1) is 17.7 Å². The molecule has 11 heteroatoms. The summed E-state index contributed by atoms with van der Waals surface area (Å²) in [6.45, 7) is 0.885. The van der Waals surface area contributed by atoms with Crippen LogP contribution >= 0.6 is 0 Å². The maximum absolute atomic E-state index is 13.7. The Labute approximate surface area is 179 Å². The monoisotopic (exact) mass is 449 g/mol. The first-order chi connectivity index (χ1) is 15.2. The molecule has 2 aromatic heterocycles. The summed E-state index contributed by atoms with van der Waals surface area (Å²) in [5.74, 6) is -0.730. The van der Waals surface area contributed by atoms with E-state index in [1.54, 1.807) is 18.3 Å². The van der Waals surface area contributed by atoms with Crippen LogP contribution < -0.4 is 5.32 Å². The van der Waals surface area contributed by atoms with Crippen LogP contribution in [0.25, 0.3) is 16.8 Å². The normalized spacial score (nSPS) is 23.0. The molecule has 168 valence electrons. The van der Waals surface area contributed by atoms with Gasteiger partial charge in [-0.05, 0) is 54.5 Å². The van der Waals surface area contributed by atoms with E-state index >= 15 is 0 Å². The number of hydrogen-bond acceptors (Lipinski definition) is 4. The number of carbonyl (C=O) groups is 1. The molecule has 1 amide bonds. The first-order valence-electron chi connectivity index (χ1n) is 10.2. The van der Waals surface area contributed by atoms with Gasteiger partial charge in [-0.2, -0.15) is 18.2 Å². The lowest BCUT2D eigenvalue weighted by Crippen LogP contribution is -2.49. The quantitative estimate of drug-likeness (QED) is 0.581. The maximum atomic E-state index is 13.7. The number of halogens is 4. The average Bonchev–Trinajstić information content (AvgIpc) is 3.23. The summed E-state index contributed by atoms with van der Waals surface area (Å²) in [6, 6.07) is 6.11. The van der Waals surface area contributed by atoms with E-state index in [2.05, 4.69) is 15.4 Å². The van der Waals surface area contributed by atoms with Crippen molar-refractivity contribution < 1.29 is 27.5 Å². The van der Waals surface area contributed by atoms with E-state index in [0.29, 0.717) is 30.2 Å². The molecule has 2 bridgehead atoms. The van der Waals surface area contributed by atoms with Crippen LogP contribution in [0.4, 0.5) is 28.3 Å². The third-order valence-electron chi connectivity index (χ3n) is 6.35. The van der Waals surface area contributed by atoms with E-state index in [0.717, 1.165) is 25.0 Å². The minimum Gasteiger partial charge on any atom is -0.465 e. The number of carboxylic acid groups (broad SMARTS) is 1. The van der Waals surface area contributed by atoms with Gasteiger partial charge in [0.15, 0.2) is 5.65 Å². The van der Waals surface area contributed by atoms with Gasteiger partial charge in [0.05, 0.1) is 5.56 Å². The van der Waals surface area contributed by atoms with E-state index in [-0.39, 0.29) is 23.4 Å². The molecule has 2 N–H and O–H groups in total. The van der Waals surface area contributed by atoms with Gasteiger partial charge < -0.3 is 15.3 Å². The van der Waals surface area contributed by atoms with Crippen molar-refractivity contribution in [2.45, 2.75) is 25.1 Å². The van der Waals surface area contributed by atoms with Crippen molar-refractivity contribution in [3.8, 4) is 11.1 Å². The Kier molecular flexibility index (Phi) is 4.72. The zero-order chi connectivity index (χ0) is 22.6. The molecule has 2 fully saturated rings. The molecule has 5 rings (SSSR count). The molecule has 1 saturated heterocycles. The third kappa shape index (κ3) is 3.51. The molecular weight excluding hydrogens is 430 g/mol. The minimum absolute atomic E-state index is 0.0223. The van der Waals surface area contributed by atoms with Crippen molar-refractivity contribution in [1.82, 2.24) is 19.5 Å². The first-order valence-corrected chi connectivity index (χ1v) is 10.2. The van der Waals surface area contributed by atoms with Crippen LogP contribution in [0.5, 0.6) is 0 Å². The fourth-order valence-corrected chi connectivity index (χ4v) is 4.87. The van der Waals surface area contributed by atoms with Gasteiger partial charge in [-0.3, -0.25) is 0 Å². The van der Waals surface area contributed by atoms with Crippen molar-refractivity contribution in [3.63, 3.8) is 0 Å². The van der Waals surface area contributed by atoms with Crippen molar-refractivity contribution in [1.29, 1.82) is 0 Å². The smallest absolute Gasteiger partial charge is 0.419 e. The van der Waals surface area contributed by atoms with E-state index in [1.165, 1.54) is 15.5 Å². The number of nitrogens with zero attached hydrogens (tertiary/aromatic N) is 4. The second-order valence-electron chi connectivity index (χ2n) is 8.27. The largest absolute Gasteiger partial charge is 0.465 e. The number of alkyl halides is 3. The molecule has 2 atom stereocenters. The van der Waals surface area contributed by atoms with Crippen LogP contribution in [0.2, 0.25) is 0 Å². The Balaban J connectivity index is 1.46. The second-order valence-corrected chi connectivity index (χ2v) is 8.27. The van der Waals surface area contributed by atoms with Gasteiger partial charge in [0.25, 0.3) is 0 Å². The number of rotatable bonds is 3. The third-order valence-corrected chi connectivity index (χ3v) is 6.35. The van der Waals surface area contributed by atoms with Gasteiger partial charge in [0.2, 0.25) is 5.95 Å². The SMILES string of the molecule is O=C(O)N1CC2CCC(C1)C2Nc1nc2c(-c3ccc(F)c(C(F)(F)F)c3)cccn2n1. The number of likely N-dealkylation sites (tertiary alicyclic amines) is 1.